The Morgan fingerprint density at radius 1 is 1.19 bits per heavy atom. The van der Waals surface area contributed by atoms with Crippen molar-refractivity contribution in [2.24, 2.45) is 0 Å². The second kappa shape index (κ2) is 5.42. The van der Waals surface area contributed by atoms with Gasteiger partial charge in [-0.25, -0.2) is 0 Å². The van der Waals surface area contributed by atoms with E-state index < -0.39 is 24.7 Å². The zero-order valence-corrected chi connectivity index (χ0v) is 8.77. The molecule has 0 aromatic rings. The molecule has 0 atom stereocenters. The molecule has 0 heterocycles. The molecule has 0 spiro atoms. The number of esters is 1. The van der Waals surface area contributed by atoms with E-state index >= 15 is 0 Å². The Kier molecular flexibility index (Phi) is 5.11. The fourth-order valence-corrected chi connectivity index (χ4v) is 0.640. The summed E-state index contributed by atoms with van der Waals surface area (Å²) in [5.74, 6) is -6.08. The molecular weight excluding hydrogens is 237 g/mol. The minimum absolute atomic E-state index is 0.219. The molecule has 0 N–H and O–H groups in total. The number of halogens is 5. The van der Waals surface area contributed by atoms with E-state index in [1.165, 1.54) is 0 Å². The van der Waals surface area contributed by atoms with Gasteiger partial charge >= 0.3 is 18.1 Å². The Morgan fingerprint density at radius 2 is 1.69 bits per heavy atom. The molecule has 0 saturated heterocycles. The van der Waals surface area contributed by atoms with Crippen LogP contribution >= 0.6 is 0 Å². The molecule has 0 saturated carbocycles. The molecule has 0 radical (unpaired) electrons. The molecule has 0 amide bonds. The highest BCUT2D eigenvalue weighted by atomic mass is 19.4. The maximum Gasteiger partial charge on any atom is 0.456 e. The first-order chi connectivity index (χ1) is 7.06. The van der Waals surface area contributed by atoms with Gasteiger partial charge in [-0.2, -0.15) is 22.0 Å². The molecule has 0 fully saturated rings. The molecule has 0 aliphatic heterocycles. The van der Waals surface area contributed by atoms with Crippen molar-refractivity contribution in [2.45, 2.75) is 18.5 Å². The van der Waals surface area contributed by atoms with E-state index in [2.05, 4.69) is 4.74 Å². The molecule has 3 nitrogen and oxygen atoms in total. The van der Waals surface area contributed by atoms with Crippen molar-refractivity contribution in [1.29, 1.82) is 0 Å². The largest absolute Gasteiger partial charge is 0.459 e. The number of nitrogens with zero attached hydrogens (tertiary/aromatic N) is 1. The van der Waals surface area contributed by atoms with Crippen molar-refractivity contribution >= 4 is 5.97 Å². The number of alkyl halides is 5. The third-order valence-corrected chi connectivity index (χ3v) is 1.59. The summed E-state index contributed by atoms with van der Waals surface area (Å²) in [6, 6.07) is 0. The topological polar surface area (TPSA) is 29.5 Å². The number of hydrogen-bond donors (Lipinski definition) is 0. The second-order valence-electron chi connectivity index (χ2n) is 3.42. The van der Waals surface area contributed by atoms with E-state index in [1.807, 2.05) is 0 Å². The second-order valence-corrected chi connectivity index (χ2v) is 3.42. The summed E-state index contributed by atoms with van der Waals surface area (Å²) in [5.41, 5.74) is 0. The van der Waals surface area contributed by atoms with Gasteiger partial charge in [0, 0.05) is 6.54 Å². The highest BCUT2D eigenvalue weighted by Gasteiger charge is 2.58. The molecule has 16 heavy (non-hydrogen) atoms. The average molecular weight is 249 g/mol. The molecule has 0 bridgehead atoms. The van der Waals surface area contributed by atoms with Crippen LogP contribution in [-0.2, 0) is 9.53 Å². The molecule has 8 heteroatoms. The zero-order chi connectivity index (χ0) is 13.0. The van der Waals surface area contributed by atoms with Gasteiger partial charge in [-0.05, 0) is 14.1 Å². The number of ether oxygens (including phenoxy) is 1. The Labute approximate surface area is 89.2 Å². The number of carbonyl (C=O) groups excluding carboxylic acids is 1. The molecule has 0 aliphatic rings. The molecule has 0 rings (SSSR count). The molecule has 0 aromatic heterocycles. The Bertz CT molecular complexity index is 239. The first-order valence-corrected chi connectivity index (χ1v) is 4.31. The van der Waals surface area contributed by atoms with Crippen molar-refractivity contribution in [3.05, 3.63) is 0 Å². The van der Waals surface area contributed by atoms with Crippen LogP contribution in [0.15, 0.2) is 0 Å². The summed E-state index contributed by atoms with van der Waals surface area (Å²) < 4.78 is 63.3. The van der Waals surface area contributed by atoms with E-state index in [1.54, 1.807) is 19.0 Å². The van der Waals surface area contributed by atoms with E-state index in [-0.39, 0.29) is 13.0 Å². The lowest BCUT2D eigenvalue weighted by Crippen LogP contribution is -2.41. The maximum absolute atomic E-state index is 12.3. The molecule has 0 aromatic carbocycles. The van der Waals surface area contributed by atoms with E-state index in [0.717, 1.165) is 0 Å². The van der Waals surface area contributed by atoms with Crippen molar-refractivity contribution in [2.75, 3.05) is 27.2 Å². The van der Waals surface area contributed by atoms with Gasteiger partial charge in [0.2, 0.25) is 0 Å². The minimum Gasteiger partial charge on any atom is -0.459 e. The van der Waals surface area contributed by atoms with Gasteiger partial charge < -0.3 is 9.64 Å². The van der Waals surface area contributed by atoms with Crippen LogP contribution in [0.1, 0.15) is 6.42 Å². The monoisotopic (exact) mass is 249 g/mol. The van der Waals surface area contributed by atoms with Crippen LogP contribution in [0.2, 0.25) is 0 Å². The minimum atomic E-state index is -5.70. The van der Waals surface area contributed by atoms with Crippen molar-refractivity contribution in [3.63, 3.8) is 0 Å². The molecule has 96 valence electrons. The predicted molar refractivity (Wildman–Crippen MR) is 45.1 cm³/mol. The van der Waals surface area contributed by atoms with Gasteiger partial charge in [0.1, 0.15) is 0 Å². The quantitative estimate of drug-likeness (QED) is 0.548. The van der Waals surface area contributed by atoms with Gasteiger partial charge in [0.05, 0.1) is 6.42 Å². The van der Waals surface area contributed by atoms with Crippen LogP contribution in [0.25, 0.3) is 0 Å². The normalized spacial score (nSPS) is 13.0. The van der Waals surface area contributed by atoms with Gasteiger partial charge in [0.25, 0.3) is 0 Å². The maximum atomic E-state index is 12.3. The third-order valence-electron chi connectivity index (χ3n) is 1.59. The Morgan fingerprint density at radius 3 is 2.06 bits per heavy atom. The Balaban J connectivity index is 4.01. The highest BCUT2D eigenvalue weighted by Crippen LogP contribution is 2.35. The Hall–Kier alpha value is -0.920. The van der Waals surface area contributed by atoms with E-state index in [9.17, 15) is 26.7 Å². The summed E-state index contributed by atoms with van der Waals surface area (Å²) in [6.45, 7) is -1.75. The fraction of sp³-hybridized carbons (Fsp3) is 0.875. The van der Waals surface area contributed by atoms with Crippen LogP contribution < -0.4 is 0 Å². The molecule has 0 aliphatic carbocycles. The lowest BCUT2D eigenvalue weighted by molar-refractivity contribution is -0.294. The van der Waals surface area contributed by atoms with Crippen molar-refractivity contribution in [3.8, 4) is 0 Å². The summed E-state index contributed by atoms with van der Waals surface area (Å²) in [6.07, 6.45) is -5.93. The van der Waals surface area contributed by atoms with Crippen molar-refractivity contribution < 1.29 is 31.5 Å². The van der Waals surface area contributed by atoms with Crippen LogP contribution in [0.5, 0.6) is 0 Å². The lowest BCUT2D eigenvalue weighted by Gasteiger charge is -2.19. The van der Waals surface area contributed by atoms with Crippen LogP contribution in [0.4, 0.5) is 22.0 Å². The predicted octanol–water partition coefficient (Wildman–Crippen LogP) is 1.68. The highest BCUT2D eigenvalue weighted by molar-refractivity contribution is 5.69. The molecular formula is C8H12F5NO2. The standard InChI is InChI=1S/C8H12F5NO2/c1-14(2)4-3-6(15)16-5-7(9,10)8(11,12)13/h3-5H2,1-2H3. The van der Waals surface area contributed by atoms with Gasteiger partial charge in [-0.1, -0.05) is 0 Å². The SMILES string of the molecule is CN(C)CCC(=O)OCC(F)(F)C(F)(F)F. The van der Waals surface area contributed by atoms with E-state index in [0.29, 0.717) is 0 Å². The van der Waals surface area contributed by atoms with Gasteiger partial charge in [-0.15, -0.1) is 0 Å². The summed E-state index contributed by atoms with van der Waals surface area (Å²) >= 11 is 0. The number of hydrogen-bond acceptors (Lipinski definition) is 3. The van der Waals surface area contributed by atoms with Crippen LogP contribution in [0.3, 0.4) is 0 Å². The first kappa shape index (κ1) is 15.1. The van der Waals surface area contributed by atoms with Crippen LogP contribution in [-0.4, -0.2) is 50.2 Å². The lowest BCUT2D eigenvalue weighted by atomic mass is 10.3. The fourth-order valence-electron chi connectivity index (χ4n) is 0.640. The summed E-state index contributed by atoms with van der Waals surface area (Å²) in [7, 11) is 3.25. The first-order valence-electron chi connectivity index (χ1n) is 4.31. The smallest absolute Gasteiger partial charge is 0.456 e. The van der Waals surface area contributed by atoms with Gasteiger partial charge in [-0.3, -0.25) is 4.79 Å². The molecule has 0 unspecified atom stereocenters. The summed E-state index contributed by atoms with van der Waals surface area (Å²) in [4.78, 5) is 12.3. The third kappa shape index (κ3) is 5.24. The number of carbonyl (C=O) groups is 1. The zero-order valence-electron chi connectivity index (χ0n) is 8.77. The van der Waals surface area contributed by atoms with Gasteiger partial charge in [0.15, 0.2) is 6.61 Å². The summed E-state index contributed by atoms with van der Waals surface area (Å²) in [5, 5.41) is 0. The number of rotatable bonds is 5. The average Bonchev–Trinajstić information content (AvgIpc) is 2.09. The van der Waals surface area contributed by atoms with Crippen LogP contribution in [0, 0.1) is 0 Å². The van der Waals surface area contributed by atoms with E-state index in [4.69, 9.17) is 0 Å². The van der Waals surface area contributed by atoms with Crippen molar-refractivity contribution in [1.82, 2.24) is 4.90 Å².